The smallest absolute Gasteiger partial charge is 0.124 e. The van der Waals surface area contributed by atoms with Gasteiger partial charge in [0, 0.05) is 10.6 Å². The number of hydrogen-bond acceptors (Lipinski definition) is 3. The molecule has 0 unspecified atom stereocenters. The number of thioether (sulfide) groups is 1. The molecule has 1 aromatic carbocycles. The number of halogens is 1. The Bertz CT molecular complexity index is 278. The Morgan fingerprint density at radius 2 is 2.00 bits per heavy atom. The largest absolute Gasteiger partial charge is 0.396 e. The van der Waals surface area contributed by atoms with Gasteiger partial charge >= 0.3 is 0 Å². The number of rotatable bonds is 4. The molecular formula is C9H11FO2S. The summed E-state index contributed by atoms with van der Waals surface area (Å²) in [6.07, 6.45) is 0. The molecule has 0 saturated heterocycles. The molecule has 4 heteroatoms. The molecule has 0 amide bonds. The third kappa shape index (κ3) is 3.34. The predicted octanol–water partition coefficient (Wildman–Crippen LogP) is 1.40. The van der Waals surface area contributed by atoms with E-state index < -0.39 is 0 Å². The van der Waals surface area contributed by atoms with Gasteiger partial charge in [0.15, 0.2) is 0 Å². The van der Waals surface area contributed by atoms with Crippen LogP contribution in [0, 0.1) is 5.82 Å². The van der Waals surface area contributed by atoms with E-state index in [2.05, 4.69) is 0 Å². The topological polar surface area (TPSA) is 40.5 Å². The number of benzene rings is 1. The van der Waals surface area contributed by atoms with E-state index >= 15 is 0 Å². The lowest BCUT2D eigenvalue weighted by Gasteiger charge is -2.02. The average Bonchev–Trinajstić information content (AvgIpc) is 2.14. The van der Waals surface area contributed by atoms with E-state index in [0.717, 1.165) is 4.90 Å². The molecule has 2 nitrogen and oxygen atoms in total. The minimum absolute atomic E-state index is 0.0651. The van der Waals surface area contributed by atoms with Crippen LogP contribution in [0.1, 0.15) is 5.56 Å². The molecule has 1 aromatic rings. The summed E-state index contributed by atoms with van der Waals surface area (Å²) in [5.74, 6) is 0.181. The van der Waals surface area contributed by atoms with Gasteiger partial charge in [0.05, 0.1) is 13.2 Å². The molecule has 0 spiro atoms. The van der Waals surface area contributed by atoms with Crippen molar-refractivity contribution in [2.24, 2.45) is 0 Å². The van der Waals surface area contributed by atoms with Crippen molar-refractivity contribution in [3.05, 3.63) is 29.6 Å². The lowest BCUT2D eigenvalue weighted by Crippen LogP contribution is -1.89. The van der Waals surface area contributed by atoms with Gasteiger partial charge in [-0.3, -0.25) is 0 Å². The van der Waals surface area contributed by atoms with Gasteiger partial charge in [0.2, 0.25) is 0 Å². The molecule has 1 rings (SSSR count). The zero-order valence-corrected chi connectivity index (χ0v) is 7.85. The monoisotopic (exact) mass is 202 g/mol. The first-order chi connectivity index (χ1) is 6.26. The molecule has 0 saturated carbocycles. The Morgan fingerprint density at radius 1 is 1.23 bits per heavy atom. The lowest BCUT2D eigenvalue weighted by molar-refractivity contribution is 0.281. The van der Waals surface area contributed by atoms with Crippen LogP contribution in [0.4, 0.5) is 4.39 Å². The number of aliphatic hydroxyl groups is 2. The Morgan fingerprint density at radius 3 is 2.62 bits per heavy atom. The fourth-order valence-electron chi connectivity index (χ4n) is 0.959. The third-order valence-electron chi connectivity index (χ3n) is 1.47. The van der Waals surface area contributed by atoms with Crippen molar-refractivity contribution in [1.82, 2.24) is 0 Å². The summed E-state index contributed by atoms with van der Waals surface area (Å²) in [6, 6.07) is 4.39. The lowest BCUT2D eigenvalue weighted by atomic mass is 10.2. The predicted molar refractivity (Wildman–Crippen MR) is 50.1 cm³/mol. The molecule has 0 aliphatic heterocycles. The second kappa shape index (κ2) is 5.21. The van der Waals surface area contributed by atoms with Gasteiger partial charge in [0.25, 0.3) is 0 Å². The van der Waals surface area contributed by atoms with E-state index in [-0.39, 0.29) is 19.0 Å². The van der Waals surface area contributed by atoms with E-state index in [4.69, 9.17) is 10.2 Å². The minimum Gasteiger partial charge on any atom is -0.396 e. The zero-order chi connectivity index (χ0) is 9.68. The van der Waals surface area contributed by atoms with Gasteiger partial charge < -0.3 is 10.2 Å². The summed E-state index contributed by atoms with van der Waals surface area (Å²) in [5, 5.41) is 17.3. The molecule has 0 aromatic heterocycles. The van der Waals surface area contributed by atoms with Gasteiger partial charge in [-0.2, -0.15) is 0 Å². The highest BCUT2D eigenvalue weighted by atomic mass is 32.2. The van der Waals surface area contributed by atoms with Gasteiger partial charge in [0.1, 0.15) is 5.82 Å². The Balaban J connectivity index is 2.76. The van der Waals surface area contributed by atoms with Crippen LogP contribution in [0.15, 0.2) is 23.1 Å². The maximum absolute atomic E-state index is 12.9. The van der Waals surface area contributed by atoms with E-state index in [0.29, 0.717) is 11.3 Å². The second-order valence-corrected chi connectivity index (χ2v) is 3.69. The van der Waals surface area contributed by atoms with Crippen molar-refractivity contribution in [2.75, 3.05) is 12.4 Å². The van der Waals surface area contributed by atoms with Crippen LogP contribution in [0.25, 0.3) is 0 Å². The molecular weight excluding hydrogens is 191 g/mol. The number of aliphatic hydroxyl groups excluding tert-OH is 2. The Labute approximate surface area is 80.4 Å². The molecule has 2 N–H and O–H groups in total. The normalized spacial score (nSPS) is 10.4. The van der Waals surface area contributed by atoms with Crippen LogP contribution in [-0.2, 0) is 6.61 Å². The maximum Gasteiger partial charge on any atom is 0.124 e. The van der Waals surface area contributed by atoms with Crippen LogP contribution < -0.4 is 0 Å². The van der Waals surface area contributed by atoms with Crippen LogP contribution in [0.5, 0.6) is 0 Å². The van der Waals surface area contributed by atoms with Crippen molar-refractivity contribution >= 4 is 11.8 Å². The fourth-order valence-corrected chi connectivity index (χ4v) is 1.72. The molecule has 0 atom stereocenters. The third-order valence-corrected chi connectivity index (χ3v) is 2.43. The molecule has 0 aliphatic rings. The SMILES string of the molecule is OCCSc1cc(F)cc(CO)c1. The first kappa shape index (κ1) is 10.5. The van der Waals surface area contributed by atoms with Crippen molar-refractivity contribution in [3.63, 3.8) is 0 Å². The Kier molecular flexibility index (Phi) is 4.21. The quantitative estimate of drug-likeness (QED) is 0.725. The van der Waals surface area contributed by atoms with Crippen molar-refractivity contribution in [1.29, 1.82) is 0 Å². The summed E-state index contributed by atoms with van der Waals surface area (Å²) in [5.41, 5.74) is 0.556. The molecule has 0 bridgehead atoms. The highest BCUT2D eigenvalue weighted by Gasteiger charge is 2.00. The van der Waals surface area contributed by atoms with Crippen molar-refractivity contribution in [3.8, 4) is 0 Å². The van der Waals surface area contributed by atoms with Gasteiger partial charge in [-0.05, 0) is 23.8 Å². The van der Waals surface area contributed by atoms with E-state index in [1.54, 1.807) is 6.07 Å². The van der Waals surface area contributed by atoms with Crippen LogP contribution >= 0.6 is 11.8 Å². The van der Waals surface area contributed by atoms with Crippen LogP contribution in [0.3, 0.4) is 0 Å². The highest BCUT2D eigenvalue weighted by molar-refractivity contribution is 7.99. The van der Waals surface area contributed by atoms with Gasteiger partial charge in [-0.1, -0.05) is 0 Å². The fraction of sp³-hybridized carbons (Fsp3) is 0.333. The standard InChI is InChI=1S/C9H11FO2S/c10-8-3-7(6-12)4-9(5-8)13-2-1-11/h3-5,11-12H,1-2,6H2. The summed E-state index contributed by atoms with van der Waals surface area (Å²) in [4.78, 5) is 0.734. The van der Waals surface area contributed by atoms with Crippen LogP contribution in [0.2, 0.25) is 0 Å². The summed E-state index contributed by atoms with van der Waals surface area (Å²) in [6.45, 7) is -0.0971. The van der Waals surface area contributed by atoms with E-state index in [9.17, 15) is 4.39 Å². The van der Waals surface area contributed by atoms with Crippen LogP contribution in [-0.4, -0.2) is 22.6 Å². The zero-order valence-electron chi connectivity index (χ0n) is 7.03. The molecule has 0 radical (unpaired) electrons. The summed E-state index contributed by atoms with van der Waals surface area (Å²) < 4.78 is 12.9. The Hall–Kier alpha value is -0.580. The van der Waals surface area contributed by atoms with Crippen molar-refractivity contribution in [2.45, 2.75) is 11.5 Å². The molecule has 0 aliphatic carbocycles. The first-order valence-corrected chi connectivity index (χ1v) is 4.89. The second-order valence-electron chi connectivity index (χ2n) is 2.53. The minimum atomic E-state index is -0.355. The van der Waals surface area contributed by atoms with Crippen molar-refractivity contribution < 1.29 is 14.6 Å². The van der Waals surface area contributed by atoms with Gasteiger partial charge in [-0.25, -0.2) is 4.39 Å². The molecule has 0 heterocycles. The summed E-state index contributed by atoms with van der Waals surface area (Å²) in [7, 11) is 0. The van der Waals surface area contributed by atoms with E-state index in [1.165, 1.54) is 23.9 Å². The first-order valence-electron chi connectivity index (χ1n) is 3.90. The molecule has 72 valence electrons. The molecule has 13 heavy (non-hydrogen) atoms. The van der Waals surface area contributed by atoms with Gasteiger partial charge in [-0.15, -0.1) is 11.8 Å². The highest BCUT2D eigenvalue weighted by Crippen LogP contribution is 2.20. The molecule has 0 fully saturated rings. The van der Waals surface area contributed by atoms with E-state index in [1.807, 2.05) is 0 Å². The summed E-state index contributed by atoms with van der Waals surface area (Å²) >= 11 is 1.36. The average molecular weight is 202 g/mol. The number of hydrogen-bond donors (Lipinski definition) is 2. The maximum atomic E-state index is 12.9.